The first kappa shape index (κ1) is 12.4. The van der Waals surface area contributed by atoms with Crippen LogP contribution in [0.4, 0.5) is 0 Å². The number of carbonyl (C=O) groups excluding carboxylic acids is 1. The molecule has 0 saturated carbocycles. The van der Waals surface area contributed by atoms with Gasteiger partial charge in [-0.1, -0.05) is 34.8 Å². The van der Waals surface area contributed by atoms with Gasteiger partial charge in [0, 0.05) is 5.39 Å². The number of methoxy groups -OCH3 is 1. The summed E-state index contributed by atoms with van der Waals surface area (Å²) in [6.07, 6.45) is 0. The van der Waals surface area contributed by atoms with E-state index >= 15 is 0 Å². The monoisotopic (exact) mass is 289 g/mol. The molecule has 0 spiro atoms. The van der Waals surface area contributed by atoms with E-state index < -0.39 is 5.97 Å². The Bertz CT molecular complexity index is 613. The summed E-state index contributed by atoms with van der Waals surface area (Å²) in [5.41, 5.74) is 0.761. The molecule has 0 fully saturated rings. The first-order valence-electron chi connectivity index (χ1n) is 4.56. The van der Waals surface area contributed by atoms with Gasteiger partial charge in [0.15, 0.2) is 0 Å². The van der Waals surface area contributed by atoms with E-state index in [4.69, 9.17) is 34.8 Å². The number of hydrogen-bond donors (Lipinski definition) is 0. The summed E-state index contributed by atoms with van der Waals surface area (Å²) < 4.78 is 4.60. The van der Waals surface area contributed by atoms with Gasteiger partial charge in [0.1, 0.15) is 5.15 Å². The molecule has 3 nitrogen and oxygen atoms in total. The smallest absolute Gasteiger partial charge is 0.341 e. The van der Waals surface area contributed by atoms with Gasteiger partial charge in [-0.25, -0.2) is 9.78 Å². The van der Waals surface area contributed by atoms with E-state index in [1.165, 1.54) is 7.11 Å². The number of aromatic nitrogens is 1. The number of carbonyl (C=O) groups is 1. The summed E-state index contributed by atoms with van der Waals surface area (Å²) in [6.45, 7) is 0. The average molecular weight is 291 g/mol. The molecule has 0 amide bonds. The maximum absolute atomic E-state index is 11.4. The molecule has 2 rings (SSSR count). The fraction of sp³-hybridized carbons (Fsp3) is 0.0909. The van der Waals surface area contributed by atoms with Crippen molar-refractivity contribution >= 4 is 51.7 Å². The molecule has 0 N–H and O–H groups in total. The highest BCUT2D eigenvalue weighted by molar-refractivity contribution is 6.42. The summed E-state index contributed by atoms with van der Waals surface area (Å²) >= 11 is 17.6. The molecule has 0 aliphatic carbocycles. The lowest BCUT2D eigenvalue weighted by Gasteiger charge is -2.05. The fourth-order valence-electron chi connectivity index (χ4n) is 1.40. The lowest BCUT2D eigenvalue weighted by molar-refractivity contribution is 0.0600. The molecule has 0 saturated heterocycles. The van der Waals surface area contributed by atoms with Crippen molar-refractivity contribution in [3.63, 3.8) is 0 Å². The van der Waals surface area contributed by atoms with Gasteiger partial charge in [-0.2, -0.15) is 0 Å². The van der Waals surface area contributed by atoms with Gasteiger partial charge in [0.25, 0.3) is 0 Å². The van der Waals surface area contributed by atoms with Gasteiger partial charge < -0.3 is 4.74 Å². The maximum atomic E-state index is 11.4. The number of halogens is 3. The molecule has 0 aliphatic rings. The van der Waals surface area contributed by atoms with Crippen molar-refractivity contribution in [2.75, 3.05) is 7.11 Å². The Kier molecular flexibility index (Phi) is 3.43. The van der Waals surface area contributed by atoms with E-state index in [9.17, 15) is 4.79 Å². The third-order valence-corrected chi connectivity index (χ3v) is 3.23. The number of ether oxygens (including phenoxy) is 1. The Balaban J connectivity index is 2.71. The van der Waals surface area contributed by atoms with Crippen LogP contribution in [0.1, 0.15) is 10.4 Å². The molecule has 2 aromatic rings. The molecule has 1 aromatic carbocycles. The first-order chi connectivity index (χ1) is 8.02. The SMILES string of the molecule is COC(=O)c1cc2cc(Cl)c(Cl)cc2nc1Cl. The van der Waals surface area contributed by atoms with Crippen LogP contribution < -0.4 is 0 Å². The minimum absolute atomic E-state index is 0.0720. The molecule has 6 heteroatoms. The van der Waals surface area contributed by atoms with Crippen LogP contribution in [0.2, 0.25) is 15.2 Å². The third-order valence-electron chi connectivity index (χ3n) is 2.22. The predicted molar refractivity (Wildman–Crippen MR) is 68.1 cm³/mol. The number of pyridine rings is 1. The molecule has 88 valence electrons. The van der Waals surface area contributed by atoms with Crippen molar-refractivity contribution < 1.29 is 9.53 Å². The van der Waals surface area contributed by atoms with Crippen LogP contribution in [0.25, 0.3) is 10.9 Å². The Hall–Kier alpha value is -1.03. The largest absolute Gasteiger partial charge is 0.465 e. The van der Waals surface area contributed by atoms with Gasteiger partial charge in [-0.15, -0.1) is 0 Å². The zero-order chi connectivity index (χ0) is 12.6. The Labute approximate surface area is 112 Å². The number of fused-ring (bicyclic) bond motifs is 1. The third kappa shape index (κ3) is 2.32. The standard InChI is InChI=1S/C11H6Cl3NO2/c1-17-11(16)6-2-5-3-7(12)8(13)4-9(5)15-10(6)14/h2-4H,1H3. The summed E-state index contributed by atoms with van der Waals surface area (Å²) in [5, 5.41) is 1.51. The second-order valence-electron chi connectivity index (χ2n) is 3.28. The van der Waals surface area contributed by atoms with Gasteiger partial charge >= 0.3 is 5.97 Å². The van der Waals surface area contributed by atoms with Gasteiger partial charge in [0.05, 0.1) is 28.2 Å². The molecule has 0 aliphatic heterocycles. The van der Waals surface area contributed by atoms with Crippen molar-refractivity contribution in [3.05, 3.63) is 39.0 Å². The molecule has 0 unspecified atom stereocenters. The van der Waals surface area contributed by atoms with E-state index in [2.05, 4.69) is 9.72 Å². The van der Waals surface area contributed by atoms with Gasteiger partial charge in [-0.3, -0.25) is 0 Å². The van der Waals surface area contributed by atoms with Crippen LogP contribution in [0.3, 0.4) is 0 Å². The second-order valence-corrected chi connectivity index (χ2v) is 4.45. The van der Waals surface area contributed by atoms with Crippen molar-refractivity contribution in [1.29, 1.82) is 0 Å². The molecule has 1 heterocycles. The van der Waals surface area contributed by atoms with Crippen LogP contribution in [0.15, 0.2) is 18.2 Å². The van der Waals surface area contributed by atoms with Crippen LogP contribution >= 0.6 is 34.8 Å². The average Bonchev–Trinajstić information content (AvgIpc) is 2.30. The highest BCUT2D eigenvalue weighted by Crippen LogP contribution is 2.29. The van der Waals surface area contributed by atoms with E-state index in [0.717, 1.165) is 0 Å². The fourth-order valence-corrected chi connectivity index (χ4v) is 1.95. The highest BCUT2D eigenvalue weighted by atomic mass is 35.5. The molecule has 1 aromatic heterocycles. The normalized spacial score (nSPS) is 10.6. The van der Waals surface area contributed by atoms with Gasteiger partial charge in [-0.05, 0) is 18.2 Å². The van der Waals surface area contributed by atoms with E-state index in [1.54, 1.807) is 18.2 Å². The quantitative estimate of drug-likeness (QED) is 0.589. The molecular formula is C11H6Cl3NO2. The second kappa shape index (κ2) is 4.69. The first-order valence-corrected chi connectivity index (χ1v) is 5.70. The molecule has 0 atom stereocenters. The Morgan fingerprint density at radius 2 is 1.82 bits per heavy atom. The zero-order valence-corrected chi connectivity index (χ0v) is 10.9. The van der Waals surface area contributed by atoms with Crippen LogP contribution in [-0.2, 0) is 4.74 Å². The highest BCUT2D eigenvalue weighted by Gasteiger charge is 2.14. The van der Waals surface area contributed by atoms with Crippen LogP contribution in [0.5, 0.6) is 0 Å². The number of nitrogens with zero attached hydrogens (tertiary/aromatic N) is 1. The van der Waals surface area contributed by atoms with Crippen molar-refractivity contribution in [3.8, 4) is 0 Å². The Morgan fingerprint density at radius 1 is 1.18 bits per heavy atom. The molecule has 0 radical (unpaired) electrons. The number of esters is 1. The summed E-state index contributed by atoms with van der Waals surface area (Å²) in [5.74, 6) is -0.546. The minimum atomic E-state index is -0.546. The van der Waals surface area contributed by atoms with E-state index in [0.29, 0.717) is 20.9 Å². The number of benzene rings is 1. The lowest BCUT2D eigenvalue weighted by Crippen LogP contribution is -2.03. The van der Waals surface area contributed by atoms with Crippen molar-refractivity contribution in [2.45, 2.75) is 0 Å². The molecular weight excluding hydrogens is 284 g/mol. The molecule has 17 heavy (non-hydrogen) atoms. The lowest BCUT2D eigenvalue weighted by atomic mass is 10.1. The predicted octanol–water partition coefficient (Wildman–Crippen LogP) is 3.98. The minimum Gasteiger partial charge on any atom is -0.465 e. The van der Waals surface area contributed by atoms with Crippen LogP contribution in [-0.4, -0.2) is 18.1 Å². The van der Waals surface area contributed by atoms with Crippen molar-refractivity contribution in [2.24, 2.45) is 0 Å². The summed E-state index contributed by atoms with van der Waals surface area (Å²) in [4.78, 5) is 15.5. The van der Waals surface area contributed by atoms with Crippen molar-refractivity contribution in [1.82, 2.24) is 4.98 Å². The van der Waals surface area contributed by atoms with E-state index in [1.807, 2.05) is 0 Å². The summed E-state index contributed by atoms with van der Waals surface area (Å²) in [6, 6.07) is 4.78. The maximum Gasteiger partial charge on any atom is 0.341 e. The topological polar surface area (TPSA) is 39.2 Å². The van der Waals surface area contributed by atoms with Gasteiger partial charge in [0.2, 0.25) is 0 Å². The summed E-state index contributed by atoms with van der Waals surface area (Å²) in [7, 11) is 1.28. The number of hydrogen-bond acceptors (Lipinski definition) is 3. The molecule has 0 bridgehead atoms. The zero-order valence-electron chi connectivity index (χ0n) is 8.63. The Morgan fingerprint density at radius 3 is 2.47 bits per heavy atom. The van der Waals surface area contributed by atoms with Crippen LogP contribution in [0, 0.1) is 0 Å². The van der Waals surface area contributed by atoms with E-state index in [-0.39, 0.29) is 10.7 Å². The number of rotatable bonds is 1.